The van der Waals surface area contributed by atoms with Crippen LogP contribution in [0.1, 0.15) is 18.4 Å². The standard InChI is InChI=1S/C16H18Cl2N4O/c17-12-3-1-2-11(8-12)16(4-6-23-7-5-16)9-20-15-13(18)14(19)21-10-22-15/h1-3,8,10H,4-7,9H2,(H3,19,20,21,22). The SMILES string of the molecule is Nc1ncnc(NCC2(c3cccc(Cl)c3)CCOCC2)c1Cl. The lowest BCUT2D eigenvalue weighted by molar-refractivity contribution is 0.0543. The fourth-order valence-corrected chi connectivity index (χ4v) is 3.26. The molecule has 0 saturated carbocycles. The van der Waals surface area contributed by atoms with E-state index in [0.29, 0.717) is 30.6 Å². The van der Waals surface area contributed by atoms with Crippen molar-refractivity contribution in [1.82, 2.24) is 9.97 Å². The van der Waals surface area contributed by atoms with Gasteiger partial charge in [-0.15, -0.1) is 0 Å². The van der Waals surface area contributed by atoms with E-state index in [-0.39, 0.29) is 11.2 Å². The lowest BCUT2D eigenvalue weighted by Crippen LogP contribution is -2.40. The average molecular weight is 353 g/mol. The third-order valence-corrected chi connectivity index (χ3v) is 4.91. The summed E-state index contributed by atoms with van der Waals surface area (Å²) in [5.74, 6) is 0.819. The van der Waals surface area contributed by atoms with E-state index >= 15 is 0 Å². The van der Waals surface area contributed by atoms with Crippen LogP contribution < -0.4 is 11.1 Å². The molecule has 1 aliphatic heterocycles. The molecule has 3 N–H and O–H groups in total. The summed E-state index contributed by atoms with van der Waals surface area (Å²) in [5.41, 5.74) is 6.85. The summed E-state index contributed by atoms with van der Waals surface area (Å²) in [6.45, 7) is 2.11. The van der Waals surface area contributed by atoms with E-state index in [4.69, 9.17) is 33.7 Å². The maximum absolute atomic E-state index is 6.18. The van der Waals surface area contributed by atoms with E-state index in [1.54, 1.807) is 0 Å². The predicted octanol–water partition coefficient (Wildman–Crippen LogP) is 3.53. The number of nitrogen functional groups attached to an aromatic ring is 1. The number of nitrogens with zero attached hydrogens (tertiary/aromatic N) is 2. The monoisotopic (exact) mass is 352 g/mol. The fraction of sp³-hybridized carbons (Fsp3) is 0.375. The van der Waals surface area contributed by atoms with Crippen LogP contribution in [0.4, 0.5) is 11.6 Å². The summed E-state index contributed by atoms with van der Waals surface area (Å²) < 4.78 is 5.54. The predicted molar refractivity (Wildman–Crippen MR) is 93.1 cm³/mol. The first-order chi connectivity index (χ1) is 11.1. The van der Waals surface area contributed by atoms with Gasteiger partial charge >= 0.3 is 0 Å². The molecule has 1 aliphatic rings. The van der Waals surface area contributed by atoms with Gasteiger partial charge in [-0.1, -0.05) is 35.3 Å². The number of hydrogen-bond donors (Lipinski definition) is 2. The Morgan fingerprint density at radius 2 is 2.00 bits per heavy atom. The van der Waals surface area contributed by atoms with Crippen LogP contribution in [0.15, 0.2) is 30.6 Å². The van der Waals surface area contributed by atoms with E-state index in [1.165, 1.54) is 11.9 Å². The number of aromatic nitrogens is 2. The molecule has 0 amide bonds. The molecule has 0 aliphatic carbocycles. The Morgan fingerprint density at radius 3 is 2.74 bits per heavy atom. The minimum absolute atomic E-state index is 0.0772. The van der Waals surface area contributed by atoms with E-state index < -0.39 is 0 Å². The number of nitrogens with two attached hydrogens (primary N) is 1. The molecular weight excluding hydrogens is 335 g/mol. The molecular formula is C16H18Cl2N4O. The number of rotatable bonds is 4. The van der Waals surface area contributed by atoms with Gasteiger partial charge in [0, 0.05) is 30.2 Å². The maximum atomic E-state index is 6.18. The molecule has 122 valence electrons. The van der Waals surface area contributed by atoms with E-state index in [1.807, 2.05) is 18.2 Å². The minimum Gasteiger partial charge on any atom is -0.382 e. The Morgan fingerprint density at radius 1 is 1.22 bits per heavy atom. The van der Waals surface area contributed by atoms with Crippen molar-refractivity contribution in [2.75, 3.05) is 30.8 Å². The lowest BCUT2D eigenvalue weighted by Gasteiger charge is -2.38. The molecule has 1 aromatic heterocycles. The second-order valence-electron chi connectivity index (χ2n) is 5.68. The van der Waals surface area contributed by atoms with Crippen LogP contribution in [-0.2, 0) is 10.2 Å². The first-order valence-corrected chi connectivity index (χ1v) is 8.20. The molecule has 0 atom stereocenters. The van der Waals surface area contributed by atoms with Crippen LogP contribution in [0.5, 0.6) is 0 Å². The van der Waals surface area contributed by atoms with Crippen molar-refractivity contribution >= 4 is 34.8 Å². The molecule has 2 aromatic rings. The summed E-state index contributed by atoms with van der Waals surface area (Å²) in [5, 5.41) is 4.40. The largest absolute Gasteiger partial charge is 0.382 e. The second-order valence-corrected chi connectivity index (χ2v) is 6.49. The topological polar surface area (TPSA) is 73.1 Å². The molecule has 23 heavy (non-hydrogen) atoms. The Labute approximate surface area is 145 Å². The van der Waals surface area contributed by atoms with Crippen LogP contribution >= 0.6 is 23.2 Å². The van der Waals surface area contributed by atoms with Crippen LogP contribution in [0.25, 0.3) is 0 Å². The van der Waals surface area contributed by atoms with Crippen molar-refractivity contribution in [3.8, 4) is 0 Å². The Balaban J connectivity index is 1.86. The second kappa shape index (κ2) is 6.91. The molecule has 5 nitrogen and oxygen atoms in total. The van der Waals surface area contributed by atoms with Gasteiger partial charge in [-0.3, -0.25) is 0 Å². The van der Waals surface area contributed by atoms with Gasteiger partial charge in [0.1, 0.15) is 23.0 Å². The van der Waals surface area contributed by atoms with Gasteiger partial charge in [-0.2, -0.15) is 0 Å². The van der Waals surface area contributed by atoms with Crippen LogP contribution in [0.2, 0.25) is 10.0 Å². The summed E-state index contributed by atoms with van der Waals surface area (Å²) in [7, 11) is 0. The lowest BCUT2D eigenvalue weighted by atomic mass is 9.74. The number of anilines is 2. The number of nitrogens with one attached hydrogen (secondary N) is 1. The Bertz CT molecular complexity index is 690. The number of hydrogen-bond acceptors (Lipinski definition) is 5. The molecule has 0 radical (unpaired) electrons. The first-order valence-electron chi connectivity index (χ1n) is 7.44. The molecule has 1 aromatic carbocycles. The van der Waals surface area contributed by atoms with Gasteiger partial charge in [0.2, 0.25) is 0 Å². The summed E-state index contributed by atoms with van der Waals surface area (Å²) in [4.78, 5) is 8.05. The molecule has 2 heterocycles. The molecule has 1 saturated heterocycles. The molecule has 0 unspecified atom stereocenters. The van der Waals surface area contributed by atoms with Gasteiger partial charge in [-0.25, -0.2) is 9.97 Å². The summed E-state index contributed by atoms with van der Waals surface area (Å²) in [6.07, 6.45) is 3.21. The zero-order valence-corrected chi connectivity index (χ0v) is 14.1. The quantitative estimate of drug-likeness (QED) is 0.880. The fourth-order valence-electron chi connectivity index (χ4n) is 2.91. The van der Waals surface area contributed by atoms with Gasteiger partial charge in [-0.05, 0) is 30.5 Å². The van der Waals surface area contributed by atoms with Crippen LogP contribution in [-0.4, -0.2) is 29.7 Å². The first kappa shape index (κ1) is 16.3. The van der Waals surface area contributed by atoms with E-state index in [0.717, 1.165) is 17.9 Å². The number of benzene rings is 1. The molecule has 0 spiro atoms. The highest BCUT2D eigenvalue weighted by atomic mass is 35.5. The smallest absolute Gasteiger partial charge is 0.150 e. The third-order valence-electron chi connectivity index (χ3n) is 4.30. The van der Waals surface area contributed by atoms with Gasteiger partial charge in [0.15, 0.2) is 0 Å². The highest BCUT2D eigenvalue weighted by Gasteiger charge is 2.34. The van der Waals surface area contributed by atoms with Crippen molar-refractivity contribution in [3.05, 3.63) is 46.2 Å². The Kier molecular flexibility index (Phi) is 4.90. The van der Waals surface area contributed by atoms with Crippen molar-refractivity contribution in [3.63, 3.8) is 0 Å². The minimum atomic E-state index is -0.0772. The van der Waals surface area contributed by atoms with E-state index in [2.05, 4.69) is 21.4 Å². The van der Waals surface area contributed by atoms with Crippen molar-refractivity contribution in [1.29, 1.82) is 0 Å². The zero-order chi connectivity index (χ0) is 16.3. The normalized spacial score (nSPS) is 17.0. The van der Waals surface area contributed by atoms with Gasteiger partial charge < -0.3 is 15.8 Å². The Hall–Kier alpha value is -1.56. The summed E-state index contributed by atoms with van der Waals surface area (Å²) in [6, 6.07) is 7.98. The average Bonchev–Trinajstić information content (AvgIpc) is 2.57. The third kappa shape index (κ3) is 3.52. The number of halogens is 2. The number of ether oxygens (including phenoxy) is 1. The van der Waals surface area contributed by atoms with Crippen LogP contribution in [0.3, 0.4) is 0 Å². The van der Waals surface area contributed by atoms with Gasteiger partial charge in [0.25, 0.3) is 0 Å². The van der Waals surface area contributed by atoms with Gasteiger partial charge in [0.05, 0.1) is 0 Å². The molecule has 0 bridgehead atoms. The van der Waals surface area contributed by atoms with Crippen molar-refractivity contribution < 1.29 is 4.74 Å². The zero-order valence-electron chi connectivity index (χ0n) is 12.6. The maximum Gasteiger partial charge on any atom is 0.150 e. The van der Waals surface area contributed by atoms with Crippen molar-refractivity contribution in [2.24, 2.45) is 0 Å². The molecule has 1 fully saturated rings. The van der Waals surface area contributed by atoms with E-state index in [9.17, 15) is 0 Å². The van der Waals surface area contributed by atoms with Crippen molar-refractivity contribution in [2.45, 2.75) is 18.3 Å². The highest BCUT2D eigenvalue weighted by Crippen LogP contribution is 2.36. The molecule has 7 heteroatoms. The highest BCUT2D eigenvalue weighted by molar-refractivity contribution is 6.35. The molecule has 3 rings (SSSR count). The summed E-state index contributed by atoms with van der Waals surface area (Å²) >= 11 is 12.3. The van der Waals surface area contributed by atoms with Crippen LogP contribution in [0, 0.1) is 0 Å².